The monoisotopic (exact) mass is 338 g/mol. The maximum atomic E-state index is 2.28. The predicted molar refractivity (Wildman–Crippen MR) is 105 cm³/mol. The molecule has 4 rings (SSSR count). The Morgan fingerprint density at radius 2 is 1.19 bits per heavy atom. The molecule has 0 spiro atoms. The molecule has 0 atom stereocenters. The summed E-state index contributed by atoms with van der Waals surface area (Å²) in [7, 11) is 2.09. The van der Waals surface area contributed by atoms with E-state index in [0.29, 0.717) is 0 Å². The lowest BCUT2D eigenvalue weighted by atomic mass is 10.0. The van der Waals surface area contributed by atoms with Crippen LogP contribution in [-0.2, 0) is 7.05 Å². The van der Waals surface area contributed by atoms with Crippen molar-refractivity contribution in [3.05, 3.63) is 103 Å². The average molecular weight is 338 g/mol. The topological polar surface area (TPSA) is 7.76 Å². The van der Waals surface area contributed by atoms with Gasteiger partial charge in [-0.15, -0.1) is 0 Å². The molecule has 126 valence electrons. The van der Waals surface area contributed by atoms with Crippen molar-refractivity contribution in [3.63, 3.8) is 0 Å². The molecule has 2 heterocycles. The second kappa shape index (κ2) is 6.93. The van der Waals surface area contributed by atoms with Crippen LogP contribution in [0.25, 0.3) is 28.2 Å². The first-order valence-corrected chi connectivity index (χ1v) is 8.87. The second-order valence-electron chi connectivity index (χ2n) is 6.48. The highest BCUT2D eigenvalue weighted by molar-refractivity contribution is 5.67. The minimum atomic E-state index is 1.17. The van der Waals surface area contributed by atoms with Crippen LogP contribution in [0.2, 0.25) is 0 Å². The first-order chi connectivity index (χ1) is 12.8. The predicted octanol–water partition coefficient (Wildman–Crippen LogP) is 4.43. The van der Waals surface area contributed by atoms with Crippen molar-refractivity contribution in [2.75, 3.05) is 0 Å². The zero-order valence-corrected chi connectivity index (χ0v) is 15.1. The van der Waals surface area contributed by atoms with Crippen molar-refractivity contribution >= 4 is 0 Å². The van der Waals surface area contributed by atoms with Crippen LogP contribution < -0.4 is 9.13 Å². The maximum Gasteiger partial charge on any atom is 0.225 e. The van der Waals surface area contributed by atoms with E-state index in [1.165, 1.54) is 33.8 Å². The molecule has 0 saturated carbocycles. The first kappa shape index (κ1) is 16.2. The van der Waals surface area contributed by atoms with E-state index in [2.05, 4.69) is 120 Å². The van der Waals surface area contributed by atoms with Gasteiger partial charge in [-0.2, -0.15) is 4.57 Å². The molecule has 0 saturated heterocycles. The summed E-state index contributed by atoms with van der Waals surface area (Å²) in [6, 6.07) is 29.8. The SMILES string of the molecule is Cc1ccccc1-c1cccc[n+]1-c1ccccc1-c1cccc[n+]1C. The fraction of sp³-hybridized carbons (Fsp3) is 0.0833. The van der Waals surface area contributed by atoms with Gasteiger partial charge in [-0.3, -0.25) is 0 Å². The van der Waals surface area contributed by atoms with Gasteiger partial charge in [-0.25, -0.2) is 4.57 Å². The Kier molecular flexibility index (Phi) is 4.32. The third-order valence-electron chi connectivity index (χ3n) is 4.78. The van der Waals surface area contributed by atoms with E-state index in [0.717, 1.165) is 0 Å². The van der Waals surface area contributed by atoms with Crippen LogP contribution in [0, 0.1) is 6.92 Å². The largest absolute Gasteiger partial charge is 0.225 e. The maximum absolute atomic E-state index is 2.28. The van der Waals surface area contributed by atoms with Crippen molar-refractivity contribution in [2.45, 2.75) is 6.92 Å². The summed E-state index contributed by atoms with van der Waals surface area (Å²) in [5, 5.41) is 0. The van der Waals surface area contributed by atoms with Gasteiger partial charge >= 0.3 is 0 Å². The van der Waals surface area contributed by atoms with E-state index in [-0.39, 0.29) is 0 Å². The smallest absolute Gasteiger partial charge is 0.201 e. The molecule has 0 amide bonds. The van der Waals surface area contributed by atoms with Gasteiger partial charge in [-0.1, -0.05) is 30.3 Å². The molecule has 26 heavy (non-hydrogen) atoms. The zero-order valence-electron chi connectivity index (χ0n) is 15.1. The van der Waals surface area contributed by atoms with Crippen LogP contribution in [0.1, 0.15) is 5.56 Å². The number of pyridine rings is 2. The Balaban J connectivity index is 1.97. The van der Waals surface area contributed by atoms with E-state index < -0.39 is 0 Å². The van der Waals surface area contributed by atoms with Gasteiger partial charge in [0.25, 0.3) is 0 Å². The highest BCUT2D eigenvalue weighted by Gasteiger charge is 2.23. The molecule has 2 heteroatoms. The molecule has 0 fully saturated rings. The van der Waals surface area contributed by atoms with Crippen molar-refractivity contribution in [2.24, 2.45) is 7.05 Å². The fourth-order valence-electron chi connectivity index (χ4n) is 3.44. The first-order valence-electron chi connectivity index (χ1n) is 8.87. The molecule has 0 aliphatic rings. The zero-order chi connectivity index (χ0) is 17.9. The Morgan fingerprint density at radius 3 is 1.96 bits per heavy atom. The summed E-state index contributed by atoms with van der Waals surface area (Å²) in [6.07, 6.45) is 4.23. The van der Waals surface area contributed by atoms with E-state index in [9.17, 15) is 0 Å². The quantitative estimate of drug-likeness (QED) is 0.488. The minimum absolute atomic E-state index is 1.17. The van der Waals surface area contributed by atoms with E-state index in [1.54, 1.807) is 0 Å². The Bertz CT molecular complexity index is 980. The Hall–Kier alpha value is -3.26. The van der Waals surface area contributed by atoms with E-state index >= 15 is 0 Å². The van der Waals surface area contributed by atoms with Crippen LogP contribution in [0.5, 0.6) is 0 Å². The molecule has 0 aliphatic carbocycles. The van der Waals surface area contributed by atoms with Crippen LogP contribution >= 0.6 is 0 Å². The van der Waals surface area contributed by atoms with Gasteiger partial charge in [0.05, 0.1) is 0 Å². The number of rotatable bonds is 3. The second-order valence-corrected chi connectivity index (χ2v) is 6.48. The number of benzene rings is 2. The van der Waals surface area contributed by atoms with Crippen LogP contribution in [-0.4, -0.2) is 0 Å². The lowest BCUT2D eigenvalue weighted by Crippen LogP contribution is -2.36. The Labute approximate surface area is 154 Å². The number of para-hydroxylation sites is 1. The lowest BCUT2D eigenvalue weighted by Gasteiger charge is -2.08. The molecule has 0 bridgehead atoms. The standard InChI is InChI=1S/C24H22N2/c1-19-11-3-4-12-20(19)23-16-8-10-18-26(23)24-15-6-5-13-21(24)22-14-7-9-17-25(22)2/h3-18H,1-2H3/q+2. The average Bonchev–Trinajstić information content (AvgIpc) is 2.69. The summed E-state index contributed by atoms with van der Waals surface area (Å²) >= 11 is 0. The van der Waals surface area contributed by atoms with Crippen LogP contribution in [0.15, 0.2) is 97.3 Å². The van der Waals surface area contributed by atoms with Crippen molar-refractivity contribution in [3.8, 4) is 28.2 Å². The van der Waals surface area contributed by atoms with Crippen molar-refractivity contribution in [1.82, 2.24) is 0 Å². The number of hydrogen-bond donors (Lipinski definition) is 0. The summed E-state index contributed by atoms with van der Waals surface area (Å²) < 4.78 is 4.44. The molecule has 2 aromatic carbocycles. The van der Waals surface area contributed by atoms with Crippen molar-refractivity contribution < 1.29 is 9.13 Å². The van der Waals surface area contributed by atoms with Crippen LogP contribution in [0.3, 0.4) is 0 Å². The Morgan fingerprint density at radius 1 is 0.577 bits per heavy atom. The third-order valence-corrected chi connectivity index (χ3v) is 4.78. The normalized spacial score (nSPS) is 10.7. The molecule has 2 aromatic heterocycles. The highest BCUT2D eigenvalue weighted by atomic mass is 15.0. The molecule has 0 N–H and O–H groups in total. The number of nitrogens with zero attached hydrogens (tertiary/aromatic N) is 2. The third kappa shape index (κ3) is 2.91. The van der Waals surface area contributed by atoms with E-state index in [4.69, 9.17) is 0 Å². The van der Waals surface area contributed by atoms with Gasteiger partial charge in [0, 0.05) is 35.9 Å². The fourth-order valence-corrected chi connectivity index (χ4v) is 3.44. The highest BCUT2D eigenvalue weighted by Crippen LogP contribution is 2.25. The number of hydrogen-bond acceptors (Lipinski definition) is 0. The van der Waals surface area contributed by atoms with Gasteiger partial charge in [0.1, 0.15) is 12.6 Å². The molecule has 0 radical (unpaired) electrons. The molecule has 4 aromatic rings. The summed E-state index contributed by atoms with van der Waals surface area (Å²) in [4.78, 5) is 0. The van der Waals surface area contributed by atoms with Gasteiger partial charge in [0.2, 0.25) is 17.1 Å². The lowest BCUT2D eigenvalue weighted by molar-refractivity contribution is -0.661. The van der Waals surface area contributed by atoms with Gasteiger partial charge in [0.15, 0.2) is 12.4 Å². The summed E-state index contributed by atoms with van der Waals surface area (Å²) in [5.74, 6) is 0. The molecule has 0 aliphatic heterocycles. The molecular formula is C24H22N2+2. The van der Waals surface area contributed by atoms with Gasteiger partial charge < -0.3 is 0 Å². The van der Waals surface area contributed by atoms with E-state index in [1.807, 2.05) is 0 Å². The van der Waals surface area contributed by atoms with Crippen LogP contribution in [0.4, 0.5) is 0 Å². The summed E-state index contributed by atoms with van der Waals surface area (Å²) in [5.41, 5.74) is 7.29. The van der Waals surface area contributed by atoms with Gasteiger partial charge in [-0.05, 0) is 36.8 Å². The summed E-state index contributed by atoms with van der Waals surface area (Å²) in [6.45, 7) is 2.16. The molecule has 0 unspecified atom stereocenters. The molecular weight excluding hydrogens is 316 g/mol. The number of aromatic nitrogens is 2. The van der Waals surface area contributed by atoms with Crippen molar-refractivity contribution in [1.29, 1.82) is 0 Å². The number of aryl methyl sites for hydroxylation is 2. The molecule has 2 nitrogen and oxygen atoms in total. The minimum Gasteiger partial charge on any atom is -0.201 e.